The zero-order chi connectivity index (χ0) is 22.1. The first-order valence-electron chi connectivity index (χ1n) is 11.4. The number of aromatic amines is 1. The van der Waals surface area contributed by atoms with Crippen LogP contribution in [0.3, 0.4) is 0 Å². The number of benzene rings is 1. The standard InChI is InChI=1S/C25H29N5O2/c1-12-10-30(4)24(15-6-7-15)20(12)23-22-16-9-19(31-5)17(21-13(2)29-32-14(21)3)8-18(16)28-25(22)27-11-26-23/h8-11,14-15,20-21,24H,6-7H2,1-5H3,(H,26,27,28). The Hall–Kier alpha value is -3.09. The quantitative estimate of drug-likeness (QED) is 0.648. The summed E-state index contributed by atoms with van der Waals surface area (Å²) in [5.74, 6) is 1.93. The predicted molar refractivity (Wildman–Crippen MR) is 125 cm³/mol. The summed E-state index contributed by atoms with van der Waals surface area (Å²) in [5.41, 5.74) is 6.45. The molecule has 4 heterocycles. The van der Waals surface area contributed by atoms with Crippen molar-refractivity contribution in [1.82, 2.24) is 19.9 Å². The van der Waals surface area contributed by atoms with E-state index in [4.69, 9.17) is 14.6 Å². The van der Waals surface area contributed by atoms with Crippen molar-refractivity contribution in [3.63, 3.8) is 0 Å². The van der Waals surface area contributed by atoms with E-state index in [-0.39, 0.29) is 17.9 Å². The zero-order valence-corrected chi connectivity index (χ0v) is 19.2. The summed E-state index contributed by atoms with van der Waals surface area (Å²) in [6.07, 6.45) is 6.56. The van der Waals surface area contributed by atoms with Gasteiger partial charge in [-0.1, -0.05) is 5.16 Å². The zero-order valence-electron chi connectivity index (χ0n) is 19.2. The number of ether oxygens (including phenoxy) is 1. The molecule has 0 spiro atoms. The van der Waals surface area contributed by atoms with Gasteiger partial charge in [-0.2, -0.15) is 0 Å². The highest BCUT2D eigenvalue weighted by Gasteiger charge is 2.44. The summed E-state index contributed by atoms with van der Waals surface area (Å²) in [5, 5.41) is 6.41. The maximum absolute atomic E-state index is 5.87. The van der Waals surface area contributed by atoms with E-state index in [2.05, 4.69) is 52.3 Å². The van der Waals surface area contributed by atoms with E-state index in [1.807, 2.05) is 13.8 Å². The number of methoxy groups -OCH3 is 1. The second-order valence-electron chi connectivity index (χ2n) is 9.61. The Balaban J connectivity index is 1.56. The number of H-pyrrole nitrogens is 1. The van der Waals surface area contributed by atoms with Crippen molar-refractivity contribution in [1.29, 1.82) is 0 Å². The maximum atomic E-state index is 5.87. The number of hydrogen-bond donors (Lipinski definition) is 1. The molecule has 3 aromatic rings. The Morgan fingerprint density at radius 2 is 1.97 bits per heavy atom. The molecule has 1 fully saturated rings. The molecular weight excluding hydrogens is 402 g/mol. The van der Waals surface area contributed by atoms with E-state index in [0.29, 0.717) is 6.04 Å². The third-order valence-corrected chi connectivity index (χ3v) is 7.50. The molecule has 166 valence electrons. The lowest BCUT2D eigenvalue weighted by atomic mass is 9.86. The van der Waals surface area contributed by atoms with Crippen LogP contribution in [0.25, 0.3) is 21.9 Å². The molecule has 2 aromatic heterocycles. The van der Waals surface area contributed by atoms with E-state index in [9.17, 15) is 0 Å². The van der Waals surface area contributed by atoms with Crippen molar-refractivity contribution >= 4 is 27.6 Å². The van der Waals surface area contributed by atoms with E-state index in [1.54, 1.807) is 13.4 Å². The largest absolute Gasteiger partial charge is 0.496 e. The van der Waals surface area contributed by atoms with E-state index in [0.717, 1.165) is 50.6 Å². The topological polar surface area (TPSA) is 75.6 Å². The maximum Gasteiger partial charge on any atom is 0.142 e. The Bertz CT molecular complexity index is 1290. The van der Waals surface area contributed by atoms with Crippen LogP contribution in [-0.2, 0) is 4.84 Å². The first-order valence-corrected chi connectivity index (χ1v) is 11.4. The molecule has 3 aliphatic rings. The van der Waals surface area contributed by atoms with E-state index >= 15 is 0 Å². The van der Waals surface area contributed by atoms with Gasteiger partial charge in [0.25, 0.3) is 0 Å². The first-order chi connectivity index (χ1) is 15.5. The average molecular weight is 432 g/mol. The van der Waals surface area contributed by atoms with Crippen molar-refractivity contribution in [2.24, 2.45) is 11.1 Å². The fourth-order valence-electron chi connectivity index (χ4n) is 5.96. The lowest BCUT2D eigenvalue weighted by Crippen LogP contribution is -2.30. The van der Waals surface area contributed by atoms with E-state index < -0.39 is 0 Å². The summed E-state index contributed by atoms with van der Waals surface area (Å²) in [7, 11) is 3.93. The monoisotopic (exact) mass is 431 g/mol. The highest BCUT2D eigenvalue weighted by Crippen LogP contribution is 2.49. The summed E-state index contributed by atoms with van der Waals surface area (Å²) in [6.45, 7) is 6.29. The Morgan fingerprint density at radius 3 is 2.66 bits per heavy atom. The van der Waals surface area contributed by atoms with Crippen LogP contribution in [-0.4, -0.2) is 51.9 Å². The fourth-order valence-corrected chi connectivity index (χ4v) is 5.96. The molecule has 2 aliphatic heterocycles. The molecule has 7 nitrogen and oxygen atoms in total. The minimum Gasteiger partial charge on any atom is -0.496 e. The van der Waals surface area contributed by atoms with Gasteiger partial charge in [-0.05, 0) is 63.4 Å². The van der Waals surface area contributed by atoms with Crippen LogP contribution in [0.4, 0.5) is 0 Å². The predicted octanol–water partition coefficient (Wildman–Crippen LogP) is 4.71. The minimum atomic E-state index is -0.0257. The molecule has 1 aliphatic carbocycles. The van der Waals surface area contributed by atoms with Crippen LogP contribution in [0.2, 0.25) is 0 Å². The smallest absolute Gasteiger partial charge is 0.142 e. The molecule has 1 aromatic carbocycles. The molecule has 0 bridgehead atoms. The summed E-state index contributed by atoms with van der Waals surface area (Å²) in [6, 6.07) is 4.78. The van der Waals surface area contributed by atoms with Gasteiger partial charge < -0.3 is 19.5 Å². The van der Waals surface area contributed by atoms with Gasteiger partial charge in [0.05, 0.1) is 24.4 Å². The number of nitrogens with zero attached hydrogens (tertiary/aromatic N) is 4. The molecule has 4 unspecified atom stereocenters. The molecule has 1 N–H and O–H groups in total. The highest BCUT2D eigenvalue weighted by molar-refractivity contribution is 6.08. The van der Waals surface area contributed by atoms with Crippen molar-refractivity contribution in [2.45, 2.75) is 57.6 Å². The van der Waals surface area contributed by atoms with Crippen LogP contribution in [0, 0.1) is 5.92 Å². The number of hydrogen-bond acceptors (Lipinski definition) is 6. The fraction of sp³-hybridized carbons (Fsp3) is 0.480. The molecule has 6 rings (SSSR count). The molecule has 4 atom stereocenters. The number of nitrogens with one attached hydrogen (secondary N) is 1. The SMILES string of the molecule is COc1cc2c(cc1C1C(C)=NOC1C)[nH]c1ncnc(C3C(C)=CN(C)C3C3CC3)c12. The van der Waals surface area contributed by atoms with Crippen molar-refractivity contribution in [2.75, 3.05) is 14.2 Å². The number of aromatic nitrogens is 3. The van der Waals surface area contributed by atoms with Crippen LogP contribution in [0.1, 0.15) is 56.7 Å². The minimum absolute atomic E-state index is 0.0257. The normalized spacial score (nSPS) is 27.7. The van der Waals surface area contributed by atoms with Gasteiger partial charge >= 0.3 is 0 Å². The van der Waals surface area contributed by atoms with Crippen molar-refractivity contribution in [3.8, 4) is 5.75 Å². The highest BCUT2D eigenvalue weighted by atomic mass is 16.6. The Morgan fingerprint density at radius 1 is 1.16 bits per heavy atom. The van der Waals surface area contributed by atoms with Crippen LogP contribution in [0.15, 0.2) is 35.4 Å². The Kier molecular flexibility index (Phi) is 4.26. The van der Waals surface area contributed by atoms with Gasteiger partial charge in [-0.25, -0.2) is 9.97 Å². The molecule has 0 amide bonds. The third-order valence-electron chi connectivity index (χ3n) is 7.50. The summed E-state index contributed by atoms with van der Waals surface area (Å²) < 4.78 is 5.87. The number of fused-ring (bicyclic) bond motifs is 3. The molecule has 0 radical (unpaired) electrons. The summed E-state index contributed by atoms with van der Waals surface area (Å²) in [4.78, 5) is 20.9. The van der Waals surface area contributed by atoms with E-state index in [1.165, 1.54) is 18.4 Å². The van der Waals surface area contributed by atoms with Gasteiger partial charge in [-0.3, -0.25) is 0 Å². The average Bonchev–Trinajstić information content (AvgIpc) is 3.37. The van der Waals surface area contributed by atoms with Gasteiger partial charge in [0, 0.05) is 40.9 Å². The second-order valence-corrected chi connectivity index (χ2v) is 9.61. The van der Waals surface area contributed by atoms with Crippen LogP contribution >= 0.6 is 0 Å². The molecule has 7 heteroatoms. The van der Waals surface area contributed by atoms with Gasteiger partial charge in [0.2, 0.25) is 0 Å². The Labute approximate surface area is 187 Å². The molecular formula is C25H29N5O2. The van der Waals surface area contributed by atoms with Gasteiger partial charge in [0.1, 0.15) is 23.8 Å². The summed E-state index contributed by atoms with van der Waals surface area (Å²) >= 11 is 0. The van der Waals surface area contributed by atoms with Crippen molar-refractivity contribution < 1.29 is 9.57 Å². The van der Waals surface area contributed by atoms with Crippen LogP contribution in [0.5, 0.6) is 5.75 Å². The lowest BCUT2D eigenvalue weighted by molar-refractivity contribution is 0.0900. The van der Waals surface area contributed by atoms with Gasteiger partial charge in [-0.15, -0.1) is 0 Å². The molecule has 32 heavy (non-hydrogen) atoms. The molecule has 1 saturated carbocycles. The number of likely N-dealkylation sites (N-methyl/N-ethyl adjacent to an activating group) is 1. The van der Waals surface area contributed by atoms with Crippen molar-refractivity contribution in [3.05, 3.63) is 41.5 Å². The lowest BCUT2D eigenvalue weighted by Gasteiger charge is -2.27. The van der Waals surface area contributed by atoms with Gasteiger partial charge in [0.15, 0.2) is 0 Å². The first kappa shape index (κ1) is 19.6. The van der Waals surface area contributed by atoms with Crippen LogP contribution < -0.4 is 4.74 Å². The third kappa shape index (κ3) is 2.76. The molecule has 0 saturated heterocycles. The number of rotatable bonds is 4. The number of oxime groups is 1. The second kappa shape index (κ2) is 6.95.